The largest absolute Gasteiger partial charge is 0.359 e. The fourth-order valence-electron chi connectivity index (χ4n) is 7.38. The number of ether oxygens (including phenoxy) is 1. The summed E-state index contributed by atoms with van der Waals surface area (Å²) in [6.45, 7) is 1.90. The van der Waals surface area contributed by atoms with Crippen molar-refractivity contribution in [3.05, 3.63) is 40.9 Å². The molecule has 8 heteroatoms. The first-order valence-corrected chi connectivity index (χ1v) is 14.3. The topological polar surface area (TPSA) is 87.7 Å². The van der Waals surface area contributed by atoms with E-state index in [0.717, 1.165) is 63.4 Å². The van der Waals surface area contributed by atoms with Gasteiger partial charge in [-0.3, -0.25) is 14.4 Å². The summed E-state index contributed by atoms with van der Waals surface area (Å²) in [6.07, 6.45) is 13.6. The number of anilines is 1. The van der Waals surface area contributed by atoms with E-state index in [4.69, 9.17) is 16.3 Å². The average Bonchev–Trinajstić information content (AvgIpc) is 3.54. The Hall–Kier alpha value is -2.38. The van der Waals surface area contributed by atoms with E-state index in [2.05, 4.69) is 10.6 Å². The number of nitrogens with one attached hydrogen (secondary N) is 2. The minimum Gasteiger partial charge on any atom is -0.359 e. The maximum absolute atomic E-state index is 14.2. The minimum absolute atomic E-state index is 0.000928. The number of carbonyl (C=O) groups excluding carboxylic acids is 3. The van der Waals surface area contributed by atoms with Crippen molar-refractivity contribution in [2.45, 2.75) is 101 Å². The zero-order valence-electron chi connectivity index (χ0n) is 21.4. The van der Waals surface area contributed by atoms with Gasteiger partial charge < -0.3 is 20.3 Å². The fraction of sp³-hybridized carbons (Fsp3) is 0.621. The van der Waals surface area contributed by atoms with Gasteiger partial charge in [0.1, 0.15) is 11.6 Å². The van der Waals surface area contributed by atoms with Crippen LogP contribution in [0.25, 0.3) is 0 Å². The monoisotopic (exact) mass is 525 g/mol. The van der Waals surface area contributed by atoms with Crippen molar-refractivity contribution in [1.29, 1.82) is 0 Å². The predicted molar refractivity (Wildman–Crippen MR) is 141 cm³/mol. The number of rotatable bonds is 5. The molecule has 3 amide bonds. The molecule has 0 radical (unpaired) electrons. The quantitative estimate of drug-likeness (QED) is 0.553. The molecule has 1 aromatic rings. The smallest absolute Gasteiger partial charge is 0.246 e. The molecule has 3 unspecified atom stereocenters. The van der Waals surface area contributed by atoms with Crippen LogP contribution in [0.1, 0.15) is 69.8 Å². The molecule has 4 fully saturated rings. The van der Waals surface area contributed by atoms with E-state index in [1.807, 2.05) is 36.1 Å². The zero-order valence-corrected chi connectivity index (χ0v) is 22.1. The Morgan fingerprint density at radius 1 is 1.03 bits per heavy atom. The number of benzene rings is 1. The van der Waals surface area contributed by atoms with Gasteiger partial charge in [-0.2, -0.15) is 0 Å². The number of nitrogens with zero attached hydrogens (tertiary/aromatic N) is 1. The highest BCUT2D eigenvalue weighted by Gasteiger charge is 2.73. The minimum atomic E-state index is -1.11. The Balaban J connectivity index is 1.31. The van der Waals surface area contributed by atoms with Crippen molar-refractivity contribution in [2.75, 3.05) is 5.32 Å². The summed E-state index contributed by atoms with van der Waals surface area (Å²) in [5.74, 6) is -1.94. The predicted octanol–water partition coefficient (Wildman–Crippen LogP) is 4.52. The van der Waals surface area contributed by atoms with Crippen molar-refractivity contribution in [3.63, 3.8) is 0 Å². The number of likely N-dealkylation sites (tertiary alicyclic amines) is 1. The van der Waals surface area contributed by atoms with Crippen LogP contribution in [0.15, 0.2) is 30.4 Å². The van der Waals surface area contributed by atoms with Crippen LogP contribution in [0.2, 0.25) is 5.02 Å². The molecule has 2 N–H and O–H groups in total. The van der Waals surface area contributed by atoms with Gasteiger partial charge in [-0.25, -0.2) is 0 Å². The first-order chi connectivity index (χ1) is 17.9. The molecule has 6 rings (SSSR count). The molecule has 1 aromatic carbocycles. The standard InChI is InChI=1S/C29H36ClN3O4/c1-17-12-13-19(16-21(17)30)32-26(34)23-22-14-15-29(37-22)24(23)28(36)33(20-10-6-3-7-11-20)25(29)27(35)31-18-8-4-2-5-9-18/h12-16,18,20,22-25H,2-11H2,1H3,(H,31,35)(H,32,34)/t22-,23?,24-,25?,29?/m0/s1. The Kier molecular flexibility index (Phi) is 6.56. The lowest BCUT2D eigenvalue weighted by molar-refractivity contribution is -0.144. The van der Waals surface area contributed by atoms with Crippen LogP contribution in [0.3, 0.4) is 0 Å². The van der Waals surface area contributed by atoms with Crippen LogP contribution in [-0.4, -0.2) is 52.5 Å². The lowest BCUT2D eigenvalue weighted by Gasteiger charge is -2.39. The van der Waals surface area contributed by atoms with Gasteiger partial charge in [0, 0.05) is 22.8 Å². The molecule has 1 spiro atoms. The highest BCUT2D eigenvalue weighted by molar-refractivity contribution is 6.31. The lowest BCUT2D eigenvalue weighted by atomic mass is 9.74. The molecule has 2 saturated heterocycles. The van der Waals surface area contributed by atoms with Crippen molar-refractivity contribution in [1.82, 2.24) is 10.2 Å². The summed E-state index contributed by atoms with van der Waals surface area (Å²) in [5.41, 5.74) is 0.401. The molecule has 198 valence electrons. The highest BCUT2D eigenvalue weighted by atomic mass is 35.5. The number of carbonyl (C=O) groups is 3. The molecular formula is C29H36ClN3O4. The van der Waals surface area contributed by atoms with Gasteiger partial charge in [0.15, 0.2) is 0 Å². The summed E-state index contributed by atoms with van der Waals surface area (Å²) < 4.78 is 6.49. The molecular weight excluding hydrogens is 490 g/mol. The van der Waals surface area contributed by atoms with E-state index >= 15 is 0 Å². The second-order valence-corrected chi connectivity index (χ2v) is 11.9. The van der Waals surface area contributed by atoms with E-state index in [1.165, 1.54) is 6.42 Å². The van der Waals surface area contributed by atoms with E-state index in [0.29, 0.717) is 10.7 Å². The number of fused-ring (bicyclic) bond motifs is 1. The first-order valence-electron chi connectivity index (χ1n) is 14.0. The molecule has 5 atom stereocenters. The molecule has 0 aromatic heterocycles. The highest BCUT2D eigenvalue weighted by Crippen LogP contribution is 2.56. The first kappa shape index (κ1) is 24.9. The van der Waals surface area contributed by atoms with Gasteiger partial charge in [0.2, 0.25) is 17.7 Å². The molecule has 5 aliphatic rings. The molecule has 2 aliphatic carbocycles. The van der Waals surface area contributed by atoms with E-state index in [9.17, 15) is 14.4 Å². The van der Waals surface area contributed by atoms with Gasteiger partial charge in [0.25, 0.3) is 0 Å². The van der Waals surface area contributed by atoms with Crippen LogP contribution >= 0.6 is 11.6 Å². The van der Waals surface area contributed by atoms with E-state index in [-0.39, 0.29) is 29.8 Å². The molecule has 2 saturated carbocycles. The Labute approximate surface area is 223 Å². The second kappa shape index (κ2) is 9.73. The van der Waals surface area contributed by atoms with Crippen LogP contribution in [0.5, 0.6) is 0 Å². The maximum atomic E-state index is 14.2. The van der Waals surface area contributed by atoms with Crippen LogP contribution in [-0.2, 0) is 19.1 Å². The third kappa shape index (κ3) is 4.19. The molecule has 7 nitrogen and oxygen atoms in total. The lowest BCUT2D eigenvalue weighted by Crippen LogP contribution is -2.58. The number of halogens is 1. The molecule has 3 aliphatic heterocycles. The van der Waals surface area contributed by atoms with E-state index in [1.54, 1.807) is 6.07 Å². The number of amides is 3. The third-order valence-corrected chi connectivity index (χ3v) is 9.63. The van der Waals surface area contributed by atoms with Crippen molar-refractivity contribution in [3.8, 4) is 0 Å². The summed E-state index contributed by atoms with van der Waals surface area (Å²) in [5, 5.41) is 6.80. The van der Waals surface area contributed by atoms with Crippen LogP contribution < -0.4 is 10.6 Å². The normalized spacial score (nSPS) is 33.6. The van der Waals surface area contributed by atoms with Crippen LogP contribution in [0.4, 0.5) is 5.69 Å². The Bertz CT molecular complexity index is 1130. The Morgan fingerprint density at radius 2 is 1.73 bits per heavy atom. The number of aryl methyl sites for hydroxylation is 1. The maximum Gasteiger partial charge on any atom is 0.246 e. The zero-order chi connectivity index (χ0) is 25.7. The number of hydrogen-bond acceptors (Lipinski definition) is 4. The fourth-order valence-corrected chi connectivity index (χ4v) is 7.56. The molecule has 2 bridgehead atoms. The average molecular weight is 526 g/mol. The summed E-state index contributed by atoms with van der Waals surface area (Å²) >= 11 is 6.28. The van der Waals surface area contributed by atoms with Gasteiger partial charge in [-0.05, 0) is 50.3 Å². The SMILES string of the molecule is Cc1ccc(NC(=O)C2[C@@H]3C=CC4(O3)C(C(=O)NC3CCCCC3)N(C3CCCCC3)C(=O)[C@H]24)cc1Cl. The van der Waals surface area contributed by atoms with Crippen LogP contribution in [0, 0.1) is 18.8 Å². The van der Waals surface area contributed by atoms with Crippen molar-refractivity contribution in [2.24, 2.45) is 11.8 Å². The van der Waals surface area contributed by atoms with Crippen molar-refractivity contribution >= 4 is 35.0 Å². The Morgan fingerprint density at radius 3 is 2.43 bits per heavy atom. The van der Waals surface area contributed by atoms with Crippen molar-refractivity contribution < 1.29 is 19.1 Å². The second-order valence-electron chi connectivity index (χ2n) is 11.5. The number of hydrogen-bond donors (Lipinski definition) is 2. The molecule has 3 heterocycles. The van der Waals surface area contributed by atoms with Gasteiger partial charge in [0.05, 0.1) is 17.9 Å². The molecule has 37 heavy (non-hydrogen) atoms. The van der Waals surface area contributed by atoms with E-state index < -0.39 is 29.6 Å². The van der Waals surface area contributed by atoms with Gasteiger partial charge in [-0.1, -0.05) is 68.3 Å². The third-order valence-electron chi connectivity index (χ3n) is 9.22. The van der Waals surface area contributed by atoms with Gasteiger partial charge >= 0.3 is 0 Å². The summed E-state index contributed by atoms with van der Waals surface area (Å²) in [7, 11) is 0. The van der Waals surface area contributed by atoms with Gasteiger partial charge in [-0.15, -0.1) is 0 Å². The summed E-state index contributed by atoms with van der Waals surface area (Å²) in [6, 6.07) is 4.77. The summed E-state index contributed by atoms with van der Waals surface area (Å²) in [4.78, 5) is 43.6.